The van der Waals surface area contributed by atoms with Crippen LogP contribution in [0.1, 0.15) is 24.0 Å². The number of amides is 2. The smallest absolute Gasteiger partial charge is 0.324 e. The Balaban J connectivity index is 1.38. The maximum atomic E-state index is 13.3. The molecule has 170 valence electrons. The predicted molar refractivity (Wildman–Crippen MR) is 125 cm³/mol. The van der Waals surface area contributed by atoms with Crippen molar-refractivity contribution in [2.75, 3.05) is 44.2 Å². The van der Waals surface area contributed by atoms with Crippen LogP contribution in [0.4, 0.5) is 10.5 Å². The number of nitrogens with one attached hydrogen (secondary N) is 1. The first kappa shape index (κ1) is 22.2. The molecule has 1 unspecified atom stereocenters. The Hall–Kier alpha value is -2.97. The predicted octanol–water partition coefficient (Wildman–Crippen LogP) is 2.13. The monoisotopic (exact) mass is 436 g/mol. The van der Waals surface area contributed by atoms with Gasteiger partial charge >= 0.3 is 6.03 Å². The summed E-state index contributed by atoms with van der Waals surface area (Å²) in [6.45, 7) is 4.77. The largest absolute Gasteiger partial charge is 0.396 e. The van der Waals surface area contributed by atoms with Crippen LogP contribution >= 0.6 is 0 Å². The number of aliphatic hydroxyl groups excluding tert-OH is 1. The highest BCUT2D eigenvalue weighted by Crippen LogP contribution is 2.26. The van der Waals surface area contributed by atoms with E-state index in [2.05, 4.69) is 22.0 Å². The van der Waals surface area contributed by atoms with Crippen LogP contribution in [-0.2, 0) is 6.54 Å². The van der Waals surface area contributed by atoms with Gasteiger partial charge in [0.15, 0.2) is 0 Å². The first-order valence-corrected chi connectivity index (χ1v) is 11.3. The molecule has 0 bridgehead atoms. The summed E-state index contributed by atoms with van der Waals surface area (Å²) in [6.07, 6.45) is 5.77. The number of nitrogen functional groups attached to an aromatic ring is 1. The second kappa shape index (κ2) is 10.1. The molecule has 0 saturated carbocycles. The van der Waals surface area contributed by atoms with E-state index in [1.165, 1.54) is 5.56 Å². The summed E-state index contributed by atoms with van der Waals surface area (Å²) in [7, 11) is 0. The number of nitrogens with two attached hydrogens (primary N) is 1. The van der Waals surface area contributed by atoms with Crippen molar-refractivity contribution in [1.29, 1.82) is 5.41 Å². The highest BCUT2D eigenvalue weighted by Gasteiger charge is 2.34. The number of amidine groups is 1. The number of carbonyl (C=O) groups excluding carboxylic acids is 1. The van der Waals surface area contributed by atoms with Gasteiger partial charge in [0, 0.05) is 62.3 Å². The zero-order valence-electron chi connectivity index (χ0n) is 18.4. The molecule has 32 heavy (non-hydrogen) atoms. The lowest BCUT2D eigenvalue weighted by atomic mass is 9.94. The molecule has 0 aliphatic carbocycles. The molecule has 1 atom stereocenters. The molecule has 3 heterocycles. The normalized spacial score (nSPS) is 20.5. The summed E-state index contributed by atoms with van der Waals surface area (Å²) in [6, 6.07) is 11.3. The van der Waals surface area contributed by atoms with Gasteiger partial charge in [-0.3, -0.25) is 20.2 Å². The molecule has 8 heteroatoms. The Kier molecular flexibility index (Phi) is 7.02. The lowest BCUT2D eigenvalue weighted by molar-refractivity contribution is 0.115. The number of benzene rings is 1. The van der Waals surface area contributed by atoms with Crippen LogP contribution in [-0.4, -0.2) is 71.1 Å². The Labute approximate surface area is 189 Å². The molecular weight excluding hydrogens is 404 g/mol. The molecule has 2 aliphatic heterocycles. The maximum Gasteiger partial charge on any atom is 0.324 e. The van der Waals surface area contributed by atoms with E-state index < -0.39 is 0 Å². The summed E-state index contributed by atoms with van der Waals surface area (Å²) in [5.74, 6) is 0.432. The van der Waals surface area contributed by atoms with E-state index in [1.54, 1.807) is 17.0 Å². The van der Waals surface area contributed by atoms with Crippen LogP contribution in [0.15, 0.2) is 48.8 Å². The number of hydrogen-bond acceptors (Lipinski definition) is 5. The van der Waals surface area contributed by atoms with Gasteiger partial charge < -0.3 is 15.7 Å². The molecule has 4 rings (SSSR count). The topological polar surface area (TPSA) is 110 Å². The van der Waals surface area contributed by atoms with Crippen LogP contribution in [0.3, 0.4) is 0 Å². The number of hydrogen-bond donors (Lipinski definition) is 3. The number of likely N-dealkylation sites (tertiary alicyclic amines) is 1. The Morgan fingerprint density at radius 1 is 1.12 bits per heavy atom. The lowest BCUT2D eigenvalue weighted by Crippen LogP contribution is -2.56. The van der Waals surface area contributed by atoms with E-state index in [0.717, 1.165) is 38.2 Å². The van der Waals surface area contributed by atoms with E-state index in [4.69, 9.17) is 11.1 Å². The van der Waals surface area contributed by atoms with Gasteiger partial charge in [0.2, 0.25) is 0 Å². The van der Waals surface area contributed by atoms with Crippen LogP contribution < -0.4 is 10.6 Å². The van der Waals surface area contributed by atoms with Crippen LogP contribution in [0.5, 0.6) is 0 Å². The number of anilines is 1. The van der Waals surface area contributed by atoms with Crippen molar-refractivity contribution in [2.24, 2.45) is 17.6 Å². The lowest BCUT2D eigenvalue weighted by Gasteiger charge is -2.42. The summed E-state index contributed by atoms with van der Waals surface area (Å²) in [5.41, 5.74) is 8.22. The van der Waals surface area contributed by atoms with Crippen LogP contribution in [0, 0.1) is 17.2 Å². The van der Waals surface area contributed by atoms with E-state index in [9.17, 15) is 9.90 Å². The first-order valence-electron chi connectivity index (χ1n) is 11.3. The molecule has 4 N–H and O–H groups in total. The first-order chi connectivity index (χ1) is 15.5. The number of urea groups is 1. The Morgan fingerprint density at radius 2 is 1.88 bits per heavy atom. The Bertz CT molecular complexity index is 929. The van der Waals surface area contributed by atoms with Crippen molar-refractivity contribution in [3.05, 3.63) is 59.9 Å². The third kappa shape index (κ3) is 5.26. The number of pyridine rings is 1. The molecule has 2 fully saturated rings. The van der Waals surface area contributed by atoms with E-state index in [1.807, 2.05) is 29.4 Å². The fourth-order valence-corrected chi connectivity index (χ4v) is 4.66. The third-order valence-corrected chi connectivity index (χ3v) is 6.49. The minimum Gasteiger partial charge on any atom is -0.396 e. The third-order valence-electron chi connectivity index (χ3n) is 6.49. The van der Waals surface area contributed by atoms with Crippen LogP contribution in [0.25, 0.3) is 0 Å². The molecule has 2 saturated heterocycles. The maximum absolute atomic E-state index is 13.3. The highest BCUT2D eigenvalue weighted by molar-refractivity contribution is 5.98. The number of carbonyl (C=O) groups is 1. The standard InChI is InChI=1S/C24H32N6O2/c25-23(26)21-2-1-3-22(12-21)30-16-20(17-31)15-29(24(30)32)14-19-6-10-28(11-7-19)13-18-4-8-27-9-5-18/h1-5,8-9,12,19-20,31H,6-7,10-11,13-17H2,(H3,25,26). The van der Waals surface area contributed by atoms with Crippen molar-refractivity contribution in [3.63, 3.8) is 0 Å². The Morgan fingerprint density at radius 3 is 2.56 bits per heavy atom. The zero-order chi connectivity index (χ0) is 22.5. The molecular formula is C24H32N6O2. The van der Waals surface area contributed by atoms with E-state index in [0.29, 0.717) is 31.1 Å². The average Bonchev–Trinajstić information content (AvgIpc) is 2.82. The fraction of sp³-hybridized carbons (Fsp3) is 0.458. The van der Waals surface area contributed by atoms with E-state index >= 15 is 0 Å². The van der Waals surface area contributed by atoms with Crippen molar-refractivity contribution >= 4 is 17.6 Å². The van der Waals surface area contributed by atoms with Gasteiger partial charge in [-0.2, -0.15) is 0 Å². The van der Waals surface area contributed by atoms with Gasteiger partial charge in [0.1, 0.15) is 5.84 Å². The fourth-order valence-electron chi connectivity index (χ4n) is 4.66. The number of aliphatic hydroxyl groups is 1. The van der Waals surface area contributed by atoms with Crippen LogP contribution in [0.2, 0.25) is 0 Å². The molecule has 2 aromatic rings. The minimum absolute atomic E-state index is 0.000429. The second-order valence-corrected chi connectivity index (χ2v) is 8.89. The zero-order valence-corrected chi connectivity index (χ0v) is 18.4. The van der Waals surface area contributed by atoms with Gasteiger partial charge in [0.05, 0.1) is 0 Å². The summed E-state index contributed by atoms with van der Waals surface area (Å²) in [5, 5.41) is 17.5. The SMILES string of the molecule is N=C(N)c1cccc(N2CC(CO)CN(CC3CCN(Cc4ccncc4)CC3)C2=O)c1. The van der Waals surface area contributed by atoms with Gasteiger partial charge in [0.25, 0.3) is 0 Å². The summed E-state index contributed by atoms with van der Waals surface area (Å²) in [4.78, 5) is 23.5. The quantitative estimate of drug-likeness (QED) is 0.455. The molecule has 1 aromatic heterocycles. The van der Waals surface area contributed by atoms with Gasteiger partial charge in [-0.05, 0) is 61.7 Å². The molecule has 2 amide bonds. The van der Waals surface area contributed by atoms with Gasteiger partial charge in [-0.1, -0.05) is 12.1 Å². The number of aromatic nitrogens is 1. The molecule has 8 nitrogen and oxygen atoms in total. The summed E-state index contributed by atoms with van der Waals surface area (Å²) >= 11 is 0. The molecule has 2 aliphatic rings. The van der Waals surface area contributed by atoms with E-state index in [-0.39, 0.29) is 24.4 Å². The van der Waals surface area contributed by atoms with Crippen molar-refractivity contribution in [3.8, 4) is 0 Å². The number of rotatable bonds is 7. The van der Waals surface area contributed by atoms with Crippen molar-refractivity contribution in [1.82, 2.24) is 14.8 Å². The number of nitrogens with zero attached hydrogens (tertiary/aromatic N) is 4. The van der Waals surface area contributed by atoms with Gasteiger partial charge in [-0.25, -0.2) is 4.79 Å². The average molecular weight is 437 g/mol. The van der Waals surface area contributed by atoms with Crippen molar-refractivity contribution < 1.29 is 9.90 Å². The molecule has 1 aromatic carbocycles. The molecule has 0 spiro atoms. The minimum atomic E-state index is -0.0328. The highest BCUT2D eigenvalue weighted by atomic mass is 16.3. The van der Waals surface area contributed by atoms with Crippen molar-refractivity contribution in [2.45, 2.75) is 19.4 Å². The number of piperidine rings is 1. The van der Waals surface area contributed by atoms with Gasteiger partial charge in [-0.15, -0.1) is 0 Å². The summed E-state index contributed by atoms with van der Waals surface area (Å²) < 4.78 is 0. The molecule has 0 radical (unpaired) electrons. The second-order valence-electron chi connectivity index (χ2n) is 8.89.